The number of rotatable bonds is 2. The van der Waals surface area contributed by atoms with Crippen molar-refractivity contribution < 1.29 is 0 Å². The topological polar surface area (TPSA) is 64.7 Å². The normalized spacial score (nSPS) is 10.3. The highest BCUT2D eigenvalue weighted by molar-refractivity contribution is 6.30. The minimum atomic E-state index is 0.392. The molecule has 0 saturated carbocycles. The number of pyridine rings is 1. The summed E-state index contributed by atoms with van der Waals surface area (Å²) >= 11 is 5.73. The fourth-order valence-corrected chi connectivity index (χ4v) is 1.25. The Morgan fingerprint density at radius 3 is 2.73 bits per heavy atom. The van der Waals surface area contributed by atoms with E-state index < -0.39 is 0 Å². The summed E-state index contributed by atoms with van der Waals surface area (Å²) in [6.07, 6.45) is 3.23. The maximum absolute atomic E-state index is 5.73. The summed E-state index contributed by atoms with van der Waals surface area (Å²) in [7, 11) is 0. The molecule has 2 heterocycles. The summed E-state index contributed by atoms with van der Waals surface area (Å²) in [6.45, 7) is 0.392. The third-order valence-corrected chi connectivity index (χ3v) is 2.10. The molecule has 0 aliphatic rings. The van der Waals surface area contributed by atoms with E-state index >= 15 is 0 Å². The first-order valence-corrected chi connectivity index (χ1v) is 4.81. The molecule has 76 valence electrons. The SMILES string of the molecule is NCc1ccnc(-c2ccc(Cl)cn2)n1. The summed E-state index contributed by atoms with van der Waals surface area (Å²) in [5.74, 6) is 0.564. The number of nitrogens with two attached hydrogens (primary N) is 1. The molecule has 4 nitrogen and oxygen atoms in total. The van der Waals surface area contributed by atoms with E-state index in [1.807, 2.05) is 0 Å². The van der Waals surface area contributed by atoms with E-state index in [1.165, 1.54) is 0 Å². The lowest BCUT2D eigenvalue weighted by molar-refractivity contribution is 0.964. The predicted molar refractivity (Wildman–Crippen MR) is 58.2 cm³/mol. The standard InChI is InChI=1S/C10H9ClN4/c11-7-1-2-9(14-6-7)10-13-4-3-8(5-12)15-10/h1-4,6H,5,12H2. The van der Waals surface area contributed by atoms with Crippen molar-refractivity contribution in [2.45, 2.75) is 6.54 Å². The van der Waals surface area contributed by atoms with Crippen LogP contribution in [0.2, 0.25) is 5.02 Å². The van der Waals surface area contributed by atoms with Crippen LogP contribution >= 0.6 is 11.6 Å². The molecule has 0 unspecified atom stereocenters. The van der Waals surface area contributed by atoms with E-state index in [4.69, 9.17) is 17.3 Å². The summed E-state index contributed by atoms with van der Waals surface area (Å²) in [6, 6.07) is 5.31. The van der Waals surface area contributed by atoms with Crippen molar-refractivity contribution in [3.8, 4) is 11.5 Å². The van der Waals surface area contributed by atoms with Crippen molar-refractivity contribution in [2.75, 3.05) is 0 Å². The fraction of sp³-hybridized carbons (Fsp3) is 0.100. The summed E-state index contributed by atoms with van der Waals surface area (Å²) < 4.78 is 0. The molecule has 0 aliphatic heterocycles. The molecule has 0 saturated heterocycles. The van der Waals surface area contributed by atoms with E-state index in [9.17, 15) is 0 Å². The smallest absolute Gasteiger partial charge is 0.178 e. The molecular formula is C10H9ClN4. The van der Waals surface area contributed by atoms with Gasteiger partial charge in [-0.15, -0.1) is 0 Å². The van der Waals surface area contributed by atoms with Gasteiger partial charge in [0.15, 0.2) is 5.82 Å². The van der Waals surface area contributed by atoms with Gasteiger partial charge in [0.1, 0.15) is 5.69 Å². The van der Waals surface area contributed by atoms with Gasteiger partial charge in [-0.3, -0.25) is 4.98 Å². The second kappa shape index (κ2) is 4.33. The minimum absolute atomic E-state index is 0.392. The number of hydrogen-bond acceptors (Lipinski definition) is 4. The molecule has 2 aromatic rings. The van der Waals surface area contributed by atoms with Crippen molar-refractivity contribution in [3.63, 3.8) is 0 Å². The highest BCUT2D eigenvalue weighted by Gasteiger charge is 2.02. The van der Waals surface area contributed by atoms with Crippen LogP contribution in [0.15, 0.2) is 30.6 Å². The summed E-state index contributed by atoms with van der Waals surface area (Å²) in [5.41, 5.74) is 6.97. The van der Waals surface area contributed by atoms with E-state index in [2.05, 4.69) is 15.0 Å². The molecule has 0 radical (unpaired) electrons. The highest BCUT2D eigenvalue weighted by Crippen LogP contribution is 2.14. The first-order chi connectivity index (χ1) is 7.29. The third kappa shape index (κ3) is 2.29. The van der Waals surface area contributed by atoms with Crippen LogP contribution in [0.3, 0.4) is 0 Å². The monoisotopic (exact) mass is 220 g/mol. The van der Waals surface area contributed by atoms with Gasteiger partial charge in [-0.05, 0) is 18.2 Å². The van der Waals surface area contributed by atoms with E-state index in [-0.39, 0.29) is 0 Å². The van der Waals surface area contributed by atoms with Gasteiger partial charge in [0.25, 0.3) is 0 Å². The zero-order valence-electron chi connectivity index (χ0n) is 7.89. The van der Waals surface area contributed by atoms with Crippen molar-refractivity contribution >= 4 is 11.6 Å². The molecule has 0 aromatic carbocycles. The van der Waals surface area contributed by atoms with Crippen molar-refractivity contribution in [1.29, 1.82) is 0 Å². The third-order valence-electron chi connectivity index (χ3n) is 1.88. The maximum Gasteiger partial charge on any atom is 0.178 e. The zero-order chi connectivity index (χ0) is 10.7. The summed E-state index contributed by atoms with van der Waals surface area (Å²) in [4.78, 5) is 12.5. The lowest BCUT2D eigenvalue weighted by Gasteiger charge is -2.00. The molecule has 0 atom stereocenters. The van der Waals surface area contributed by atoms with Crippen molar-refractivity contribution in [1.82, 2.24) is 15.0 Å². The molecule has 0 bridgehead atoms. The largest absolute Gasteiger partial charge is 0.325 e. The number of hydrogen-bond donors (Lipinski definition) is 1. The molecule has 2 rings (SSSR count). The number of nitrogens with zero attached hydrogens (tertiary/aromatic N) is 3. The van der Waals surface area contributed by atoms with Crippen LogP contribution in [0.5, 0.6) is 0 Å². The van der Waals surface area contributed by atoms with Crippen LogP contribution < -0.4 is 5.73 Å². The molecule has 2 N–H and O–H groups in total. The second-order valence-electron chi connectivity index (χ2n) is 2.94. The Morgan fingerprint density at radius 1 is 1.20 bits per heavy atom. The Labute approximate surface area is 92.2 Å². The van der Waals surface area contributed by atoms with Crippen LogP contribution in [-0.4, -0.2) is 15.0 Å². The van der Waals surface area contributed by atoms with Crippen LogP contribution in [0.25, 0.3) is 11.5 Å². The predicted octanol–water partition coefficient (Wildman–Crippen LogP) is 1.65. The van der Waals surface area contributed by atoms with Gasteiger partial charge in [-0.2, -0.15) is 0 Å². The molecule has 5 heteroatoms. The van der Waals surface area contributed by atoms with E-state index in [1.54, 1.807) is 30.6 Å². The Balaban J connectivity index is 2.40. The molecule has 15 heavy (non-hydrogen) atoms. The van der Waals surface area contributed by atoms with Crippen LogP contribution in [0, 0.1) is 0 Å². The molecule has 0 spiro atoms. The molecule has 2 aromatic heterocycles. The van der Waals surface area contributed by atoms with Gasteiger partial charge in [-0.1, -0.05) is 11.6 Å². The minimum Gasteiger partial charge on any atom is -0.325 e. The van der Waals surface area contributed by atoms with Gasteiger partial charge < -0.3 is 5.73 Å². The zero-order valence-corrected chi connectivity index (χ0v) is 8.65. The van der Waals surface area contributed by atoms with E-state index in [0.29, 0.717) is 23.1 Å². The van der Waals surface area contributed by atoms with Crippen LogP contribution in [0.4, 0.5) is 0 Å². The highest BCUT2D eigenvalue weighted by atomic mass is 35.5. The molecular weight excluding hydrogens is 212 g/mol. The summed E-state index contributed by atoms with van der Waals surface area (Å²) in [5, 5.41) is 0.591. The van der Waals surface area contributed by atoms with Gasteiger partial charge in [-0.25, -0.2) is 9.97 Å². The van der Waals surface area contributed by atoms with Crippen LogP contribution in [0.1, 0.15) is 5.69 Å². The van der Waals surface area contributed by atoms with Gasteiger partial charge >= 0.3 is 0 Å². The van der Waals surface area contributed by atoms with E-state index in [0.717, 1.165) is 5.69 Å². The molecule has 0 amide bonds. The van der Waals surface area contributed by atoms with Crippen molar-refractivity contribution in [3.05, 3.63) is 41.3 Å². The first-order valence-electron chi connectivity index (χ1n) is 4.43. The number of halogens is 1. The first kappa shape index (κ1) is 10.0. The van der Waals surface area contributed by atoms with Gasteiger partial charge in [0.05, 0.1) is 10.7 Å². The molecule has 0 fully saturated rings. The van der Waals surface area contributed by atoms with Crippen molar-refractivity contribution in [2.24, 2.45) is 5.73 Å². The second-order valence-corrected chi connectivity index (χ2v) is 3.37. The molecule has 0 aliphatic carbocycles. The lowest BCUT2D eigenvalue weighted by atomic mass is 10.3. The average molecular weight is 221 g/mol. The Morgan fingerprint density at radius 2 is 2.07 bits per heavy atom. The Kier molecular flexibility index (Phi) is 2.89. The lowest BCUT2D eigenvalue weighted by Crippen LogP contribution is -2.01. The maximum atomic E-state index is 5.73. The van der Waals surface area contributed by atoms with Crippen LogP contribution in [-0.2, 0) is 6.54 Å². The number of aromatic nitrogens is 3. The van der Waals surface area contributed by atoms with Gasteiger partial charge in [0.2, 0.25) is 0 Å². The fourth-order valence-electron chi connectivity index (χ4n) is 1.14. The quantitative estimate of drug-likeness (QED) is 0.836. The Hall–Kier alpha value is -1.52. The van der Waals surface area contributed by atoms with Gasteiger partial charge in [0, 0.05) is 18.9 Å². The Bertz CT molecular complexity index is 455. The average Bonchev–Trinajstić information content (AvgIpc) is 2.30.